The van der Waals surface area contributed by atoms with Gasteiger partial charge in [-0.3, -0.25) is 4.90 Å². The van der Waals surface area contributed by atoms with Crippen LogP contribution in [-0.4, -0.2) is 24.5 Å². The molecule has 0 aliphatic heterocycles. The lowest BCUT2D eigenvalue weighted by atomic mass is 10.7. The molecule has 0 aromatic rings. The van der Waals surface area contributed by atoms with Crippen molar-refractivity contribution >= 4 is 11.6 Å². The fourth-order valence-corrected chi connectivity index (χ4v) is 0. The molecule has 0 saturated heterocycles. The molecule has 0 aromatic heterocycles. The van der Waals surface area contributed by atoms with Gasteiger partial charge in [0.15, 0.2) is 0 Å². The topological polar surface area (TPSA) is 3.24 Å². The summed E-state index contributed by atoms with van der Waals surface area (Å²) in [7, 11) is 3.76. The molecule has 0 N–H and O–H groups in total. The predicted molar refractivity (Wildman–Crippen MR) is 28.7 cm³/mol. The molecule has 1 radical (unpaired) electrons. The van der Waals surface area contributed by atoms with Crippen LogP contribution in [0.1, 0.15) is 0 Å². The number of halogens is 1. The van der Waals surface area contributed by atoms with Crippen molar-refractivity contribution in [2.24, 2.45) is 0 Å². The summed E-state index contributed by atoms with van der Waals surface area (Å²) in [5.74, 6) is 0. The summed E-state index contributed by atoms with van der Waals surface area (Å²) in [6, 6.07) is 0. The second-order valence-electron chi connectivity index (χ2n) is 1.40. The van der Waals surface area contributed by atoms with Crippen molar-refractivity contribution in [2.75, 3.05) is 14.1 Å². The van der Waals surface area contributed by atoms with E-state index in [1.807, 2.05) is 19.0 Å². The molecule has 0 aliphatic rings. The highest BCUT2D eigenvalue weighted by molar-refractivity contribution is 6.20. The lowest BCUT2D eigenvalue weighted by molar-refractivity contribution is 0.419. The van der Waals surface area contributed by atoms with Gasteiger partial charge in [0.25, 0.3) is 0 Å². The minimum Gasteiger partial charge on any atom is -0.294 e. The van der Waals surface area contributed by atoms with E-state index in [-0.39, 0.29) is 5.50 Å². The first kappa shape index (κ1) is 6.25. The van der Waals surface area contributed by atoms with Crippen LogP contribution in [0.2, 0.25) is 0 Å². The van der Waals surface area contributed by atoms with Gasteiger partial charge in [-0.15, -0.1) is 11.6 Å². The van der Waals surface area contributed by atoms with Crippen LogP contribution in [0.5, 0.6) is 0 Å². The van der Waals surface area contributed by atoms with Crippen LogP contribution in [0.25, 0.3) is 0 Å². The first-order valence-corrected chi connectivity index (χ1v) is 2.22. The molecule has 1 atom stereocenters. The fourth-order valence-electron chi connectivity index (χ4n) is 0. The highest BCUT2D eigenvalue weighted by Crippen LogP contribution is 1.92. The molecule has 1 unspecified atom stereocenters. The van der Waals surface area contributed by atoms with Crippen molar-refractivity contribution in [3.05, 3.63) is 6.92 Å². The molecule has 6 heavy (non-hydrogen) atoms. The molecule has 0 rings (SSSR count). The third kappa shape index (κ3) is 2.49. The molecular formula is C4H9ClN. The Morgan fingerprint density at radius 1 is 1.67 bits per heavy atom. The maximum Gasteiger partial charge on any atom is 0.0846 e. The largest absolute Gasteiger partial charge is 0.294 e. The number of hydrogen-bond acceptors (Lipinski definition) is 1. The van der Waals surface area contributed by atoms with E-state index in [4.69, 9.17) is 11.6 Å². The molecule has 0 spiro atoms. The standard InChI is InChI=1S/C4H9ClN/c1-4(5)6(2)3/h4H,1H2,2-3H3. The van der Waals surface area contributed by atoms with Gasteiger partial charge in [0.1, 0.15) is 0 Å². The number of rotatable bonds is 1. The zero-order valence-corrected chi connectivity index (χ0v) is 4.87. The van der Waals surface area contributed by atoms with Gasteiger partial charge in [-0.25, -0.2) is 0 Å². The predicted octanol–water partition coefficient (Wildman–Crippen LogP) is 0.947. The maximum absolute atomic E-state index is 5.43. The Morgan fingerprint density at radius 2 is 1.83 bits per heavy atom. The lowest BCUT2D eigenvalue weighted by Crippen LogP contribution is -2.18. The van der Waals surface area contributed by atoms with E-state index in [0.717, 1.165) is 0 Å². The monoisotopic (exact) mass is 106 g/mol. The molecular weight excluding hydrogens is 97.5 g/mol. The number of alkyl halides is 1. The lowest BCUT2D eigenvalue weighted by Gasteiger charge is -2.09. The fraction of sp³-hybridized carbons (Fsp3) is 0.750. The van der Waals surface area contributed by atoms with Crippen LogP contribution >= 0.6 is 11.6 Å². The third-order valence-electron chi connectivity index (χ3n) is 0.560. The van der Waals surface area contributed by atoms with Gasteiger partial charge in [-0.1, -0.05) is 0 Å². The van der Waals surface area contributed by atoms with E-state index in [2.05, 4.69) is 6.92 Å². The van der Waals surface area contributed by atoms with Gasteiger partial charge in [0.2, 0.25) is 0 Å². The Morgan fingerprint density at radius 3 is 1.83 bits per heavy atom. The minimum absolute atomic E-state index is 0.0926. The van der Waals surface area contributed by atoms with E-state index in [1.165, 1.54) is 0 Å². The summed E-state index contributed by atoms with van der Waals surface area (Å²) in [4.78, 5) is 1.82. The van der Waals surface area contributed by atoms with E-state index < -0.39 is 0 Å². The van der Waals surface area contributed by atoms with Gasteiger partial charge in [0.05, 0.1) is 5.50 Å². The normalized spacial score (nSPS) is 15.5. The SMILES string of the molecule is [CH2]C(Cl)N(C)C. The molecule has 1 nitrogen and oxygen atoms in total. The smallest absolute Gasteiger partial charge is 0.0846 e. The molecule has 0 amide bonds. The molecule has 0 aliphatic carbocycles. The molecule has 0 bridgehead atoms. The van der Waals surface area contributed by atoms with Gasteiger partial charge in [-0.2, -0.15) is 0 Å². The van der Waals surface area contributed by atoms with Crippen LogP contribution in [0, 0.1) is 6.92 Å². The second kappa shape index (κ2) is 2.43. The highest BCUT2D eigenvalue weighted by Gasteiger charge is 1.93. The molecule has 37 valence electrons. The Labute approximate surface area is 43.9 Å². The Bertz CT molecular complexity index is 28.5. The van der Waals surface area contributed by atoms with Gasteiger partial charge in [0, 0.05) is 0 Å². The van der Waals surface area contributed by atoms with Gasteiger partial charge < -0.3 is 0 Å². The van der Waals surface area contributed by atoms with Gasteiger partial charge in [-0.05, 0) is 21.0 Å². The minimum atomic E-state index is -0.0926. The first-order chi connectivity index (χ1) is 2.64. The summed E-state index contributed by atoms with van der Waals surface area (Å²) in [5.41, 5.74) is -0.0926. The second-order valence-corrected chi connectivity index (χ2v) is 1.90. The zero-order chi connectivity index (χ0) is 5.15. The average molecular weight is 107 g/mol. The first-order valence-electron chi connectivity index (χ1n) is 1.78. The maximum atomic E-state index is 5.43. The summed E-state index contributed by atoms with van der Waals surface area (Å²) >= 11 is 5.43. The van der Waals surface area contributed by atoms with Crippen LogP contribution in [0.15, 0.2) is 0 Å². The summed E-state index contributed by atoms with van der Waals surface area (Å²) in [5, 5.41) is 0. The van der Waals surface area contributed by atoms with Crippen LogP contribution in [-0.2, 0) is 0 Å². The van der Waals surface area contributed by atoms with Crippen molar-refractivity contribution in [3.8, 4) is 0 Å². The zero-order valence-electron chi connectivity index (χ0n) is 4.11. The van der Waals surface area contributed by atoms with Crippen LogP contribution in [0.4, 0.5) is 0 Å². The van der Waals surface area contributed by atoms with E-state index in [1.54, 1.807) is 0 Å². The van der Waals surface area contributed by atoms with Crippen LogP contribution in [0.3, 0.4) is 0 Å². The Kier molecular flexibility index (Phi) is 2.53. The number of hydrogen-bond donors (Lipinski definition) is 0. The average Bonchev–Trinajstić information content (AvgIpc) is 1.36. The number of nitrogens with zero attached hydrogens (tertiary/aromatic N) is 1. The Balaban J connectivity index is 2.99. The summed E-state index contributed by atoms with van der Waals surface area (Å²) in [6.45, 7) is 3.53. The Hall–Kier alpha value is 0.250. The summed E-state index contributed by atoms with van der Waals surface area (Å²) < 4.78 is 0. The quantitative estimate of drug-likeness (QED) is 0.355. The van der Waals surface area contributed by atoms with Gasteiger partial charge >= 0.3 is 0 Å². The molecule has 0 saturated carbocycles. The molecule has 0 aromatic carbocycles. The molecule has 0 fully saturated rings. The van der Waals surface area contributed by atoms with E-state index >= 15 is 0 Å². The molecule has 0 heterocycles. The van der Waals surface area contributed by atoms with Crippen molar-refractivity contribution in [3.63, 3.8) is 0 Å². The highest BCUT2D eigenvalue weighted by atomic mass is 35.5. The van der Waals surface area contributed by atoms with E-state index in [0.29, 0.717) is 0 Å². The van der Waals surface area contributed by atoms with E-state index in [9.17, 15) is 0 Å². The van der Waals surface area contributed by atoms with Crippen molar-refractivity contribution in [2.45, 2.75) is 5.50 Å². The van der Waals surface area contributed by atoms with Crippen molar-refractivity contribution in [1.29, 1.82) is 0 Å². The molecule has 2 heteroatoms. The van der Waals surface area contributed by atoms with Crippen molar-refractivity contribution in [1.82, 2.24) is 4.90 Å². The summed E-state index contributed by atoms with van der Waals surface area (Å²) in [6.07, 6.45) is 0. The van der Waals surface area contributed by atoms with Crippen LogP contribution < -0.4 is 0 Å². The van der Waals surface area contributed by atoms with Crippen molar-refractivity contribution < 1.29 is 0 Å². The third-order valence-corrected chi connectivity index (χ3v) is 0.951.